The summed E-state index contributed by atoms with van der Waals surface area (Å²) in [5.74, 6) is -6.69. The normalized spacial score (nSPS) is 12.1. The fourth-order valence-corrected chi connectivity index (χ4v) is 9.71. The van der Waals surface area contributed by atoms with Gasteiger partial charge in [-0.2, -0.15) is 0 Å². The van der Waals surface area contributed by atoms with Gasteiger partial charge in [0.25, 0.3) is 0 Å². The lowest BCUT2D eigenvalue weighted by Gasteiger charge is -2.31. The van der Waals surface area contributed by atoms with E-state index in [2.05, 4.69) is 65.1 Å². The molecule has 107 heavy (non-hydrogen) atoms. The molecule has 1 rings (SSSR count). The second-order valence-corrected chi connectivity index (χ2v) is 30.1. The van der Waals surface area contributed by atoms with Crippen molar-refractivity contribution in [1.29, 1.82) is 0 Å². The van der Waals surface area contributed by atoms with Crippen molar-refractivity contribution in [2.45, 2.75) is 168 Å². The van der Waals surface area contributed by atoms with Crippen molar-refractivity contribution in [1.82, 2.24) is 125 Å². The zero-order chi connectivity index (χ0) is 81.6. The standard InChI is InChI=1S/C68H128N24O15/c1-46(2)29-85(73-55(93)33-81(20)70-63(101)41-90(51(11)12)78-61(99)39-87(31-48(5)6)75-57(95)35-83(22)72-65(103)43-92(53(15)16)80-67(105)107-68(17,18)19)37-59(97)77-89(50(9)10)40-62(100)69-82(21)34-56(94)74-86(30-47(3)4)38-60(98)79-91(52(13)14)42-64(102)71-84(23)36-58(96)76-88(32-49(7)8)44-66(104)106-45-54-27-25-24-26-28-54/h24-28,46-53H,29-45H2,1-23H3,(H,69,100)(H,70,101)(H,71,102)(H,72,103)(H,73,93)(H,74,94)(H,75,95)(H,76,96)(H,77,97)(H,78,99)(H,79,98)(H,80,105). The molecule has 0 aliphatic heterocycles. The number of hydrogen-bond acceptors (Lipinski definition) is 27. The Labute approximate surface area is 632 Å². The first-order valence-electron chi connectivity index (χ1n) is 36.0. The van der Waals surface area contributed by atoms with Gasteiger partial charge in [-0.05, 0) is 105 Å². The lowest BCUT2D eigenvalue weighted by Crippen LogP contribution is -2.58. The molecule has 0 saturated carbocycles. The number of nitrogens with one attached hydrogen (secondary N) is 12. The van der Waals surface area contributed by atoms with Crippen molar-refractivity contribution < 1.29 is 71.8 Å². The second kappa shape index (κ2) is 49.6. The van der Waals surface area contributed by atoms with Gasteiger partial charge in [0, 0.05) is 78.5 Å². The van der Waals surface area contributed by atoms with Crippen LogP contribution in [0.3, 0.4) is 0 Å². The van der Waals surface area contributed by atoms with E-state index >= 15 is 0 Å². The number of hydrogen-bond donors (Lipinski definition) is 12. The van der Waals surface area contributed by atoms with Gasteiger partial charge in [-0.1, -0.05) is 85.7 Å². The van der Waals surface area contributed by atoms with Crippen molar-refractivity contribution in [2.75, 3.05) is 133 Å². The first-order chi connectivity index (χ1) is 49.6. The SMILES string of the molecule is CC(C)CN(CC(=O)NN(CC(=O)NN(C)CC(=O)NN(CC(=O)NN(CC(=O)NN(C)CC(=O)NN(CC(=O)OCc1ccccc1)CC(C)C)C(C)C)CC(C)C)C(C)C)NC(=O)CN(C)NC(=O)CN(NC(=O)CN(CC(C)C)NC(=O)CN(C)NC(=O)CN(NC(=O)OC(C)(C)C)C(C)C)C(C)C. The highest BCUT2D eigenvalue weighted by Crippen LogP contribution is 2.09. The molecule has 0 heterocycles. The van der Waals surface area contributed by atoms with Crippen LogP contribution in [0.15, 0.2) is 30.3 Å². The van der Waals surface area contributed by atoms with E-state index in [1.807, 2.05) is 85.7 Å². The molecule has 0 fully saturated rings. The maximum Gasteiger partial charge on any atom is 0.422 e. The van der Waals surface area contributed by atoms with Crippen LogP contribution >= 0.6 is 0 Å². The number of amides is 12. The molecule has 12 amide bonds. The number of benzene rings is 1. The second-order valence-electron chi connectivity index (χ2n) is 30.1. The Morgan fingerprint density at radius 1 is 0.308 bits per heavy atom. The van der Waals surface area contributed by atoms with Crippen LogP contribution in [-0.4, -0.2) is 300 Å². The van der Waals surface area contributed by atoms with E-state index in [0.717, 1.165) is 5.56 Å². The monoisotopic (exact) mass is 1520 g/mol. The van der Waals surface area contributed by atoms with Crippen LogP contribution < -0.4 is 65.1 Å². The molecule has 1 aromatic carbocycles. The number of carbonyl (C=O) groups is 13. The Balaban J connectivity index is 2.82. The molecule has 0 saturated heterocycles. The highest BCUT2D eigenvalue weighted by molar-refractivity contribution is 5.85. The Bertz CT molecular complexity index is 2980. The number of rotatable bonds is 50. The molecule has 12 N–H and O–H groups in total. The van der Waals surface area contributed by atoms with Gasteiger partial charge < -0.3 is 9.47 Å². The quantitative estimate of drug-likeness (QED) is 0.0246. The Hall–Kier alpha value is -8.35. The minimum Gasteiger partial charge on any atom is -0.460 e. The number of carbonyl (C=O) groups excluding carboxylic acids is 13. The largest absolute Gasteiger partial charge is 0.460 e. The molecule has 39 heteroatoms. The minimum atomic E-state index is -0.756. The van der Waals surface area contributed by atoms with Crippen molar-refractivity contribution in [3.05, 3.63) is 35.9 Å². The first-order valence-corrected chi connectivity index (χ1v) is 36.0. The molecule has 0 radical (unpaired) electrons. The third-order valence-corrected chi connectivity index (χ3v) is 14.0. The van der Waals surface area contributed by atoms with Gasteiger partial charge >= 0.3 is 12.1 Å². The van der Waals surface area contributed by atoms with Crippen LogP contribution in [0.25, 0.3) is 0 Å². The van der Waals surface area contributed by atoms with E-state index < -0.39 is 94.7 Å². The first kappa shape index (κ1) is 96.7. The van der Waals surface area contributed by atoms with Crippen LogP contribution in [0.2, 0.25) is 0 Å². The van der Waals surface area contributed by atoms with Crippen LogP contribution in [0.4, 0.5) is 4.79 Å². The van der Waals surface area contributed by atoms with Crippen molar-refractivity contribution >= 4 is 77.0 Å². The summed E-state index contributed by atoms with van der Waals surface area (Å²) in [4.78, 5) is 172. The van der Waals surface area contributed by atoms with Crippen molar-refractivity contribution in [3.63, 3.8) is 0 Å². The molecule has 39 nitrogen and oxygen atoms in total. The van der Waals surface area contributed by atoms with E-state index in [1.54, 1.807) is 76.2 Å². The van der Waals surface area contributed by atoms with Crippen molar-refractivity contribution in [3.8, 4) is 0 Å². The van der Waals surface area contributed by atoms with Crippen LogP contribution in [0.5, 0.6) is 0 Å². The van der Waals surface area contributed by atoms with Gasteiger partial charge in [0.15, 0.2) is 0 Å². The highest BCUT2D eigenvalue weighted by atomic mass is 16.6. The summed E-state index contributed by atoms with van der Waals surface area (Å²) < 4.78 is 10.7. The van der Waals surface area contributed by atoms with Gasteiger partial charge in [0.2, 0.25) is 65.0 Å². The molecule has 0 atom stereocenters. The molecule has 0 aliphatic rings. The summed E-state index contributed by atoms with van der Waals surface area (Å²) in [6.45, 7) is 31.8. The molecule has 1 aromatic rings. The molecule has 0 spiro atoms. The lowest BCUT2D eigenvalue weighted by atomic mass is 10.2. The predicted molar refractivity (Wildman–Crippen MR) is 399 cm³/mol. The van der Waals surface area contributed by atoms with Crippen LogP contribution in [0, 0.1) is 23.7 Å². The summed E-state index contributed by atoms with van der Waals surface area (Å²) in [5.41, 5.74) is 32.1. The molecule has 0 unspecified atom stereocenters. The smallest absolute Gasteiger partial charge is 0.422 e. The number of esters is 1. The zero-order valence-corrected chi connectivity index (χ0v) is 67.5. The Morgan fingerprint density at radius 2 is 0.542 bits per heavy atom. The average molecular weight is 1520 g/mol. The third-order valence-electron chi connectivity index (χ3n) is 14.0. The maximum atomic E-state index is 13.6. The number of ether oxygens (including phenoxy) is 2. The minimum absolute atomic E-state index is 0.00373. The van der Waals surface area contributed by atoms with Crippen molar-refractivity contribution in [2.24, 2.45) is 23.7 Å². The Morgan fingerprint density at radius 3 is 0.785 bits per heavy atom. The summed E-state index contributed by atoms with van der Waals surface area (Å²) in [6.07, 6.45) is -0.731. The fourth-order valence-electron chi connectivity index (χ4n) is 9.71. The lowest BCUT2D eigenvalue weighted by molar-refractivity contribution is -0.148. The Kier molecular flexibility index (Phi) is 44.8. The zero-order valence-electron chi connectivity index (χ0n) is 67.5. The summed E-state index contributed by atoms with van der Waals surface area (Å²) in [5, 5.41) is 16.2. The van der Waals surface area contributed by atoms with Gasteiger partial charge in [-0.15, -0.1) is 0 Å². The number of likely N-dealkylation sites (N-methyl/N-ethyl adjacent to an activating group) is 4. The van der Waals surface area contributed by atoms with Gasteiger partial charge in [-0.25, -0.2) is 64.9 Å². The molecular weight excluding hydrogens is 1390 g/mol. The third kappa shape index (κ3) is 47.2. The van der Waals surface area contributed by atoms with E-state index in [9.17, 15) is 62.3 Å². The van der Waals surface area contributed by atoms with E-state index in [4.69, 9.17) is 9.47 Å². The molecule has 0 bridgehead atoms. The highest BCUT2D eigenvalue weighted by Gasteiger charge is 2.29. The van der Waals surface area contributed by atoms with Gasteiger partial charge in [0.1, 0.15) is 18.8 Å². The summed E-state index contributed by atoms with van der Waals surface area (Å²) in [6, 6.07) is 7.73. The number of nitrogens with zero attached hydrogens (tertiary/aromatic N) is 12. The van der Waals surface area contributed by atoms with Gasteiger partial charge in [-0.3, -0.25) is 123 Å². The summed E-state index contributed by atoms with van der Waals surface area (Å²) >= 11 is 0. The van der Waals surface area contributed by atoms with Crippen LogP contribution in [0.1, 0.15) is 137 Å². The maximum absolute atomic E-state index is 13.6. The topological polar surface area (TPSA) is 424 Å². The molecule has 0 aromatic heterocycles. The molecular formula is C68H128N24O15. The van der Waals surface area contributed by atoms with E-state index in [0.29, 0.717) is 6.54 Å². The molecule has 610 valence electrons. The van der Waals surface area contributed by atoms with Gasteiger partial charge in [0.05, 0.1) is 72.0 Å². The van der Waals surface area contributed by atoms with E-state index in [-0.39, 0.29) is 141 Å². The van der Waals surface area contributed by atoms with E-state index in [1.165, 1.54) is 88.3 Å². The fraction of sp³-hybridized carbons (Fsp3) is 0.721. The summed E-state index contributed by atoms with van der Waals surface area (Å²) in [7, 11) is 5.89. The average Bonchev–Trinajstić information content (AvgIpc) is 0.903. The predicted octanol–water partition coefficient (Wildman–Crippen LogP) is -2.09. The number of hydrazine groups is 12. The van der Waals surface area contributed by atoms with Crippen LogP contribution in [-0.2, 0) is 73.6 Å². The molecule has 0 aliphatic carbocycles.